The van der Waals surface area contributed by atoms with Gasteiger partial charge in [-0.1, -0.05) is 42.5 Å². The molecule has 1 saturated carbocycles. The summed E-state index contributed by atoms with van der Waals surface area (Å²) in [6, 6.07) is 1.67. The highest BCUT2D eigenvalue weighted by Crippen LogP contribution is 2.31. The number of carbonyl (C=O) groups excluding carboxylic acids is 1. The third-order valence-corrected chi connectivity index (χ3v) is 4.77. The highest BCUT2D eigenvalue weighted by Gasteiger charge is 2.24. The SMILES string of the molecule is NC1CCCCCC1NC(=O)c1cc(Cl)sc1Cl. The molecule has 0 aliphatic heterocycles. The lowest BCUT2D eigenvalue weighted by Crippen LogP contribution is -2.46. The minimum atomic E-state index is -0.175. The van der Waals surface area contributed by atoms with Crippen molar-refractivity contribution in [2.45, 2.75) is 44.2 Å². The fourth-order valence-electron chi connectivity index (χ4n) is 2.26. The normalized spacial score (nSPS) is 24.6. The number of hydrogen-bond acceptors (Lipinski definition) is 3. The minimum Gasteiger partial charge on any atom is -0.348 e. The molecule has 100 valence electrons. The van der Waals surface area contributed by atoms with Crippen LogP contribution in [0.5, 0.6) is 0 Å². The molecule has 18 heavy (non-hydrogen) atoms. The molecular formula is C12H16Cl2N2OS. The molecule has 0 spiro atoms. The maximum atomic E-state index is 12.1. The van der Waals surface area contributed by atoms with Gasteiger partial charge in [-0.2, -0.15) is 0 Å². The second-order valence-electron chi connectivity index (χ2n) is 4.62. The zero-order valence-electron chi connectivity index (χ0n) is 9.92. The van der Waals surface area contributed by atoms with E-state index in [0.717, 1.165) is 25.7 Å². The van der Waals surface area contributed by atoms with E-state index in [2.05, 4.69) is 5.32 Å². The Balaban J connectivity index is 2.04. The standard InChI is InChI=1S/C12H16Cl2N2OS/c13-10-6-7(11(14)18-10)12(17)16-9-5-3-1-2-4-8(9)15/h6,8-9H,1-5,15H2,(H,16,17). The number of carbonyl (C=O) groups is 1. The molecule has 1 aromatic rings. The van der Waals surface area contributed by atoms with E-state index >= 15 is 0 Å². The van der Waals surface area contributed by atoms with Crippen molar-refractivity contribution < 1.29 is 4.79 Å². The number of hydrogen-bond donors (Lipinski definition) is 2. The van der Waals surface area contributed by atoms with Crippen LogP contribution in [0.2, 0.25) is 8.67 Å². The molecule has 2 rings (SSSR count). The summed E-state index contributed by atoms with van der Waals surface area (Å²) >= 11 is 13.0. The third kappa shape index (κ3) is 3.38. The molecule has 0 saturated heterocycles. The van der Waals surface area contributed by atoms with Gasteiger partial charge in [0, 0.05) is 12.1 Å². The van der Waals surface area contributed by atoms with E-state index in [1.807, 2.05) is 0 Å². The van der Waals surface area contributed by atoms with Gasteiger partial charge in [-0.15, -0.1) is 11.3 Å². The molecule has 1 amide bonds. The molecule has 0 bridgehead atoms. The first-order valence-electron chi connectivity index (χ1n) is 6.09. The molecule has 1 aromatic heterocycles. The Labute approximate surface area is 121 Å². The van der Waals surface area contributed by atoms with Gasteiger partial charge in [0.05, 0.1) is 9.90 Å². The fraction of sp³-hybridized carbons (Fsp3) is 0.583. The lowest BCUT2D eigenvalue weighted by molar-refractivity contribution is 0.0929. The van der Waals surface area contributed by atoms with Crippen molar-refractivity contribution in [2.75, 3.05) is 0 Å². The molecule has 2 atom stereocenters. The van der Waals surface area contributed by atoms with E-state index in [9.17, 15) is 4.79 Å². The number of amides is 1. The largest absolute Gasteiger partial charge is 0.348 e. The van der Waals surface area contributed by atoms with Crippen LogP contribution in [0.3, 0.4) is 0 Å². The lowest BCUT2D eigenvalue weighted by Gasteiger charge is -2.22. The Morgan fingerprint density at radius 2 is 2.06 bits per heavy atom. The maximum absolute atomic E-state index is 12.1. The molecule has 1 aliphatic carbocycles. The van der Waals surface area contributed by atoms with Gasteiger partial charge in [-0.25, -0.2) is 0 Å². The first-order chi connectivity index (χ1) is 8.58. The number of thiophene rings is 1. The Morgan fingerprint density at radius 1 is 1.33 bits per heavy atom. The Kier molecular flexibility index (Phi) is 4.90. The van der Waals surface area contributed by atoms with Crippen molar-refractivity contribution in [3.05, 3.63) is 20.3 Å². The second kappa shape index (κ2) is 6.24. The average molecular weight is 307 g/mol. The highest BCUT2D eigenvalue weighted by atomic mass is 35.5. The van der Waals surface area contributed by atoms with Crippen LogP contribution < -0.4 is 11.1 Å². The second-order valence-corrected chi connectivity index (χ2v) is 6.91. The number of rotatable bonds is 2. The predicted molar refractivity (Wildman–Crippen MR) is 76.7 cm³/mol. The molecule has 3 N–H and O–H groups in total. The summed E-state index contributed by atoms with van der Waals surface area (Å²) in [5, 5.41) is 2.98. The number of nitrogens with one attached hydrogen (secondary N) is 1. The highest BCUT2D eigenvalue weighted by molar-refractivity contribution is 7.20. The van der Waals surface area contributed by atoms with E-state index in [-0.39, 0.29) is 18.0 Å². The first kappa shape index (κ1) is 14.1. The fourth-order valence-corrected chi connectivity index (χ4v) is 3.72. The van der Waals surface area contributed by atoms with Gasteiger partial charge >= 0.3 is 0 Å². The summed E-state index contributed by atoms with van der Waals surface area (Å²) in [5.74, 6) is -0.175. The summed E-state index contributed by atoms with van der Waals surface area (Å²) in [6.45, 7) is 0. The van der Waals surface area contributed by atoms with Crippen molar-refractivity contribution in [3.63, 3.8) is 0 Å². The van der Waals surface area contributed by atoms with Gasteiger partial charge in [0.25, 0.3) is 5.91 Å². The van der Waals surface area contributed by atoms with Crippen LogP contribution in [0.4, 0.5) is 0 Å². The summed E-state index contributed by atoms with van der Waals surface area (Å²) in [5.41, 5.74) is 6.52. The third-order valence-electron chi connectivity index (χ3n) is 3.29. The van der Waals surface area contributed by atoms with Gasteiger partial charge in [0.2, 0.25) is 0 Å². The summed E-state index contributed by atoms with van der Waals surface area (Å²) in [6.07, 6.45) is 5.33. The van der Waals surface area contributed by atoms with Crippen LogP contribution >= 0.6 is 34.5 Å². The van der Waals surface area contributed by atoms with Gasteiger partial charge in [0.15, 0.2) is 0 Å². The van der Waals surface area contributed by atoms with E-state index in [1.54, 1.807) is 6.07 Å². The minimum absolute atomic E-state index is 0.0318. The van der Waals surface area contributed by atoms with E-state index in [1.165, 1.54) is 17.8 Å². The molecular weight excluding hydrogens is 291 g/mol. The monoisotopic (exact) mass is 306 g/mol. The summed E-state index contributed by atoms with van der Waals surface area (Å²) < 4.78 is 0.954. The maximum Gasteiger partial charge on any atom is 0.253 e. The van der Waals surface area contributed by atoms with Crippen molar-refractivity contribution >= 4 is 40.4 Å². The zero-order valence-corrected chi connectivity index (χ0v) is 12.2. The molecule has 1 aliphatic rings. The van der Waals surface area contributed by atoms with Crippen LogP contribution in [0.15, 0.2) is 6.07 Å². The molecule has 3 nitrogen and oxygen atoms in total. The van der Waals surface area contributed by atoms with Crippen molar-refractivity contribution in [2.24, 2.45) is 5.73 Å². The van der Waals surface area contributed by atoms with Crippen LogP contribution in [0, 0.1) is 0 Å². The number of halogens is 2. The number of nitrogens with two attached hydrogens (primary N) is 1. The molecule has 0 aromatic carbocycles. The van der Waals surface area contributed by atoms with Gasteiger partial charge in [-0.3, -0.25) is 4.79 Å². The smallest absolute Gasteiger partial charge is 0.253 e. The van der Waals surface area contributed by atoms with Crippen molar-refractivity contribution in [3.8, 4) is 0 Å². The predicted octanol–water partition coefficient (Wildman–Crippen LogP) is 3.44. The van der Waals surface area contributed by atoms with Crippen molar-refractivity contribution in [1.82, 2.24) is 5.32 Å². The van der Waals surface area contributed by atoms with Crippen molar-refractivity contribution in [1.29, 1.82) is 0 Å². The molecule has 1 heterocycles. The van der Waals surface area contributed by atoms with Crippen LogP contribution in [-0.2, 0) is 0 Å². The Hall–Kier alpha value is -0.290. The quantitative estimate of drug-likeness (QED) is 0.822. The zero-order chi connectivity index (χ0) is 13.1. The molecule has 0 radical (unpaired) electrons. The van der Waals surface area contributed by atoms with E-state index in [4.69, 9.17) is 28.9 Å². The van der Waals surface area contributed by atoms with Gasteiger partial charge in [-0.05, 0) is 18.9 Å². The molecule has 2 unspecified atom stereocenters. The molecule has 6 heteroatoms. The van der Waals surface area contributed by atoms with Crippen LogP contribution in [0.25, 0.3) is 0 Å². The summed E-state index contributed by atoms with van der Waals surface area (Å²) in [4.78, 5) is 12.1. The van der Waals surface area contributed by atoms with E-state index in [0.29, 0.717) is 14.2 Å². The van der Waals surface area contributed by atoms with Gasteiger partial charge < -0.3 is 11.1 Å². The van der Waals surface area contributed by atoms with Crippen LogP contribution in [-0.4, -0.2) is 18.0 Å². The first-order valence-corrected chi connectivity index (χ1v) is 7.66. The lowest BCUT2D eigenvalue weighted by atomic mass is 10.0. The average Bonchev–Trinajstić information content (AvgIpc) is 2.52. The van der Waals surface area contributed by atoms with Crippen LogP contribution in [0.1, 0.15) is 42.5 Å². The summed E-state index contributed by atoms with van der Waals surface area (Å²) in [7, 11) is 0. The van der Waals surface area contributed by atoms with Gasteiger partial charge in [0.1, 0.15) is 4.34 Å². The topological polar surface area (TPSA) is 55.1 Å². The Morgan fingerprint density at radius 3 is 2.72 bits per heavy atom. The Bertz CT molecular complexity index is 436. The van der Waals surface area contributed by atoms with E-state index < -0.39 is 0 Å². The molecule has 1 fully saturated rings.